The highest BCUT2D eigenvalue weighted by atomic mass is 32.2. The third kappa shape index (κ3) is 2.96. The molecule has 3 nitrogen and oxygen atoms in total. The summed E-state index contributed by atoms with van der Waals surface area (Å²) in [5.74, 6) is 0.170. The van der Waals surface area contributed by atoms with Crippen molar-refractivity contribution in [1.29, 1.82) is 0 Å². The molecule has 0 aliphatic carbocycles. The number of thiazole rings is 1. The summed E-state index contributed by atoms with van der Waals surface area (Å²) in [6.07, 6.45) is 0. The highest BCUT2D eigenvalue weighted by Gasteiger charge is 2.23. The SMILES string of the molecule is O=C(CSc1nc2ccccc2s1)N1Cc2ccc(F)cc2C1. The molecule has 116 valence electrons. The molecule has 1 aliphatic rings. The van der Waals surface area contributed by atoms with E-state index in [1.165, 1.54) is 23.9 Å². The number of para-hydroxylation sites is 1. The molecular formula is C17H13FN2OS2. The summed E-state index contributed by atoms with van der Waals surface area (Å²) in [5, 5.41) is 0. The van der Waals surface area contributed by atoms with Crippen LogP contribution in [-0.2, 0) is 17.9 Å². The van der Waals surface area contributed by atoms with E-state index in [4.69, 9.17) is 0 Å². The van der Waals surface area contributed by atoms with Crippen molar-refractivity contribution < 1.29 is 9.18 Å². The quantitative estimate of drug-likeness (QED) is 0.672. The van der Waals surface area contributed by atoms with Gasteiger partial charge < -0.3 is 4.90 Å². The van der Waals surface area contributed by atoms with E-state index >= 15 is 0 Å². The van der Waals surface area contributed by atoms with Gasteiger partial charge in [-0.05, 0) is 35.4 Å². The molecule has 0 spiro atoms. The van der Waals surface area contributed by atoms with Gasteiger partial charge in [-0.15, -0.1) is 11.3 Å². The first-order valence-electron chi connectivity index (χ1n) is 7.22. The average molecular weight is 344 g/mol. The van der Waals surface area contributed by atoms with Crippen LogP contribution in [0.15, 0.2) is 46.8 Å². The van der Waals surface area contributed by atoms with Crippen molar-refractivity contribution in [3.05, 3.63) is 59.4 Å². The smallest absolute Gasteiger partial charge is 0.233 e. The Hall–Kier alpha value is -1.92. The molecule has 0 N–H and O–H groups in total. The summed E-state index contributed by atoms with van der Waals surface area (Å²) < 4.78 is 15.3. The minimum absolute atomic E-state index is 0.0610. The molecular weight excluding hydrogens is 331 g/mol. The molecule has 4 rings (SSSR count). The standard InChI is InChI=1S/C17H13FN2OS2/c18-13-6-5-11-8-20(9-12(11)7-13)16(21)10-22-17-19-14-3-1-2-4-15(14)23-17/h1-7H,8-10H2. The van der Waals surface area contributed by atoms with Gasteiger partial charge in [-0.3, -0.25) is 4.79 Å². The van der Waals surface area contributed by atoms with Crippen molar-refractivity contribution in [3.63, 3.8) is 0 Å². The van der Waals surface area contributed by atoms with Crippen LogP contribution >= 0.6 is 23.1 Å². The predicted molar refractivity (Wildman–Crippen MR) is 91.0 cm³/mol. The summed E-state index contributed by atoms with van der Waals surface area (Å²) in [6.45, 7) is 1.06. The fourth-order valence-electron chi connectivity index (χ4n) is 2.67. The van der Waals surface area contributed by atoms with Gasteiger partial charge in [-0.1, -0.05) is 30.0 Å². The lowest BCUT2D eigenvalue weighted by Gasteiger charge is -2.14. The third-order valence-electron chi connectivity index (χ3n) is 3.84. The van der Waals surface area contributed by atoms with E-state index in [1.54, 1.807) is 22.3 Å². The Kier molecular flexibility index (Phi) is 3.79. The van der Waals surface area contributed by atoms with E-state index in [0.717, 1.165) is 25.7 Å². The Balaban J connectivity index is 1.41. The van der Waals surface area contributed by atoms with E-state index in [1.807, 2.05) is 24.3 Å². The van der Waals surface area contributed by atoms with Gasteiger partial charge >= 0.3 is 0 Å². The van der Waals surface area contributed by atoms with Crippen LogP contribution in [0, 0.1) is 5.82 Å². The average Bonchev–Trinajstić information content (AvgIpc) is 3.15. The molecule has 2 heterocycles. The fourth-order valence-corrected chi connectivity index (χ4v) is 4.64. The predicted octanol–water partition coefficient (Wildman–Crippen LogP) is 4.07. The molecule has 1 aromatic heterocycles. The van der Waals surface area contributed by atoms with Crippen molar-refractivity contribution in [2.75, 3.05) is 5.75 Å². The maximum Gasteiger partial charge on any atom is 0.233 e. The summed E-state index contributed by atoms with van der Waals surface area (Å²) in [4.78, 5) is 18.7. The Labute approximate surface area is 141 Å². The van der Waals surface area contributed by atoms with Gasteiger partial charge in [0.2, 0.25) is 5.91 Å². The summed E-state index contributed by atoms with van der Waals surface area (Å²) >= 11 is 3.07. The first-order valence-corrected chi connectivity index (χ1v) is 9.03. The zero-order chi connectivity index (χ0) is 15.8. The van der Waals surface area contributed by atoms with E-state index in [-0.39, 0.29) is 11.7 Å². The molecule has 0 atom stereocenters. The Morgan fingerprint density at radius 2 is 2.04 bits per heavy atom. The van der Waals surface area contributed by atoms with E-state index < -0.39 is 0 Å². The lowest BCUT2D eigenvalue weighted by molar-refractivity contribution is -0.128. The molecule has 1 amide bonds. The number of hydrogen-bond donors (Lipinski definition) is 0. The number of aromatic nitrogens is 1. The number of thioether (sulfide) groups is 1. The lowest BCUT2D eigenvalue weighted by atomic mass is 10.1. The first kappa shape index (κ1) is 14.7. The van der Waals surface area contributed by atoms with Crippen molar-refractivity contribution >= 4 is 39.2 Å². The van der Waals surface area contributed by atoms with Gasteiger partial charge in [0.25, 0.3) is 0 Å². The molecule has 0 radical (unpaired) electrons. The second-order valence-corrected chi connectivity index (χ2v) is 7.65. The minimum Gasteiger partial charge on any atom is -0.333 e. The summed E-state index contributed by atoms with van der Waals surface area (Å²) in [6, 6.07) is 12.7. The monoisotopic (exact) mass is 344 g/mol. The normalized spacial score (nSPS) is 13.5. The number of halogens is 1. The molecule has 2 aromatic carbocycles. The van der Waals surface area contributed by atoms with Crippen LogP contribution in [0.25, 0.3) is 10.2 Å². The number of fused-ring (bicyclic) bond motifs is 2. The summed E-state index contributed by atoms with van der Waals surface area (Å²) in [7, 11) is 0. The number of nitrogens with zero attached hydrogens (tertiary/aromatic N) is 2. The highest BCUT2D eigenvalue weighted by Crippen LogP contribution is 2.30. The van der Waals surface area contributed by atoms with Crippen LogP contribution in [0.3, 0.4) is 0 Å². The van der Waals surface area contributed by atoms with Gasteiger partial charge in [-0.2, -0.15) is 0 Å². The Bertz CT molecular complexity index is 860. The second kappa shape index (κ2) is 5.94. The minimum atomic E-state index is -0.248. The molecule has 0 bridgehead atoms. The number of carbonyl (C=O) groups is 1. The zero-order valence-corrected chi connectivity index (χ0v) is 13.8. The Morgan fingerprint density at radius 1 is 1.22 bits per heavy atom. The fraction of sp³-hybridized carbons (Fsp3) is 0.176. The van der Waals surface area contributed by atoms with Crippen molar-refractivity contribution in [2.24, 2.45) is 0 Å². The lowest BCUT2D eigenvalue weighted by Crippen LogP contribution is -2.26. The van der Waals surface area contributed by atoms with Gasteiger partial charge in [-0.25, -0.2) is 9.37 Å². The van der Waals surface area contributed by atoms with Crippen LogP contribution < -0.4 is 0 Å². The van der Waals surface area contributed by atoms with Crippen molar-refractivity contribution in [2.45, 2.75) is 17.4 Å². The van der Waals surface area contributed by atoms with Gasteiger partial charge in [0.1, 0.15) is 5.82 Å². The molecule has 3 aromatic rings. The van der Waals surface area contributed by atoms with E-state index in [2.05, 4.69) is 4.98 Å². The third-order valence-corrected chi connectivity index (χ3v) is 6.00. The number of amides is 1. The first-order chi connectivity index (χ1) is 11.2. The second-order valence-electron chi connectivity index (χ2n) is 5.40. The van der Waals surface area contributed by atoms with Gasteiger partial charge in [0.05, 0.1) is 16.0 Å². The molecule has 6 heteroatoms. The molecule has 0 saturated heterocycles. The van der Waals surface area contributed by atoms with Gasteiger partial charge in [0, 0.05) is 13.1 Å². The van der Waals surface area contributed by atoms with Crippen LogP contribution in [-0.4, -0.2) is 21.5 Å². The number of carbonyl (C=O) groups excluding carboxylic acids is 1. The van der Waals surface area contributed by atoms with Crippen LogP contribution in [0.2, 0.25) is 0 Å². The molecule has 0 saturated carbocycles. The van der Waals surface area contributed by atoms with Crippen LogP contribution in [0.5, 0.6) is 0 Å². The van der Waals surface area contributed by atoms with Crippen molar-refractivity contribution in [3.8, 4) is 0 Å². The van der Waals surface area contributed by atoms with Crippen LogP contribution in [0.4, 0.5) is 4.39 Å². The van der Waals surface area contributed by atoms with E-state index in [9.17, 15) is 9.18 Å². The number of hydrogen-bond acceptors (Lipinski definition) is 4. The zero-order valence-electron chi connectivity index (χ0n) is 12.2. The molecule has 0 unspecified atom stereocenters. The number of rotatable bonds is 3. The molecule has 0 fully saturated rings. The van der Waals surface area contributed by atoms with Crippen LogP contribution in [0.1, 0.15) is 11.1 Å². The topological polar surface area (TPSA) is 33.2 Å². The highest BCUT2D eigenvalue weighted by molar-refractivity contribution is 8.01. The van der Waals surface area contributed by atoms with E-state index in [0.29, 0.717) is 18.8 Å². The maximum absolute atomic E-state index is 13.2. The molecule has 1 aliphatic heterocycles. The number of benzene rings is 2. The Morgan fingerprint density at radius 3 is 2.91 bits per heavy atom. The maximum atomic E-state index is 13.2. The largest absolute Gasteiger partial charge is 0.333 e. The van der Waals surface area contributed by atoms with Gasteiger partial charge in [0.15, 0.2) is 4.34 Å². The molecule has 23 heavy (non-hydrogen) atoms. The summed E-state index contributed by atoms with van der Waals surface area (Å²) in [5.41, 5.74) is 2.91. The van der Waals surface area contributed by atoms with Crippen molar-refractivity contribution in [1.82, 2.24) is 9.88 Å².